The summed E-state index contributed by atoms with van der Waals surface area (Å²) >= 11 is 0. The van der Waals surface area contributed by atoms with E-state index in [4.69, 9.17) is 10.5 Å². The molecule has 6 nitrogen and oxygen atoms in total. The molecule has 1 amide bonds. The fourth-order valence-corrected chi connectivity index (χ4v) is 1.52. The zero-order valence-corrected chi connectivity index (χ0v) is 10.8. The number of carbonyl (C=O) groups excluding carboxylic acids is 1. The minimum absolute atomic E-state index is 0.109. The largest absolute Gasteiger partial charge is 0.383 e. The summed E-state index contributed by atoms with van der Waals surface area (Å²) in [6.07, 6.45) is 4.00. The van der Waals surface area contributed by atoms with Gasteiger partial charge in [0.25, 0.3) is 5.91 Å². The van der Waals surface area contributed by atoms with Crippen molar-refractivity contribution < 1.29 is 4.79 Å². The van der Waals surface area contributed by atoms with Crippen LogP contribution in [0.15, 0.2) is 18.5 Å². The van der Waals surface area contributed by atoms with Gasteiger partial charge in [0.05, 0.1) is 29.6 Å². The van der Waals surface area contributed by atoms with Crippen molar-refractivity contribution in [1.82, 2.24) is 9.88 Å². The molecule has 19 heavy (non-hydrogen) atoms. The van der Waals surface area contributed by atoms with Crippen molar-refractivity contribution in [2.24, 2.45) is 0 Å². The number of hydrogen-bond donors (Lipinski definition) is 1. The van der Waals surface area contributed by atoms with Crippen LogP contribution in [0.2, 0.25) is 0 Å². The third-order valence-corrected chi connectivity index (χ3v) is 2.43. The van der Waals surface area contributed by atoms with Gasteiger partial charge in [-0.1, -0.05) is 6.92 Å². The first-order valence-corrected chi connectivity index (χ1v) is 5.95. The van der Waals surface area contributed by atoms with Gasteiger partial charge < -0.3 is 10.2 Å². The topological polar surface area (TPSA) is 92.8 Å². The highest BCUT2D eigenvalue weighted by Crippen LogP contribution is 2.15. The molecular formula is C13H15N5O. The van der Waals surface area contributed by atoms with Crippen LogP contribution in [0.25, 0.3) is 0 Å². The molecule has 6 heteroatoms. The molecule has 0 aliphatic carbocycles. The number of carbonyl (C=O) groups is 1. The molecule has 0 saturated heterocycles. The SMILES string of the molecule is CCCNc1cnccc1C(=O)N(CC#N)CC#N. The van der Waals surface area contributed by atoms with E-state index in [0.29, 0.717) is 11.3 Å². The van der Waals surface area contributed by atoms with E-state index in [0.717, 1.165) is 13.0 Å². The lowest BCUT2D eigenvalue weighted by molar-refractivity contribution is 0.0795. The van der Waals surface area contributed by atoms with Crippen LogP contribution in [0.4, 0.5) is 5.69 Å². The zero-order valence-electron chi connectivity index (χ0n) is 10.8. The second-order valence-electron chi connectivity index (χ2n) is 3.83. The van der Waals surface area contributed by atoms with Crippen LogP contribution in [-0.4, -0.2) is 35.4 Å². The van der Waals surface area contributed by atoms with Gasteiger partial charge in [0.2, 0.25) is 0 Å². The molecule has 1 heterocycles. The van der Waals surface area contributed by atoms with Gasteiger partial charge in [0, 0.05) is 12.7 Å². The Morgan fingerprint density at radius 2 is 2.11 bits per heavy atom. The minimum atomic E-state index is -0.343. The molecular weight excluding hydrogens is 242 g/mol. The number of anilines is 1. The third-order valence-electron chi connectivity index (χ3n) is 2.43. The molecule has 1 rings (SSSR count). The highest BCUT2D eigenvalue weighted by atomic mass is 16.2. The highest BCUT2D eigenvalue weighted by molar-refractivity contribution is 5.99. The molecule has 0 unspecified atom stereocenters. The number of nitriles is 2. The van der Waals surface area contributed by atoms with Gasteiger partial charge in [-0.05, 0) is 12.5 Å². The van der Waals surface area contributed by atoms with Crippen LogP contribution in [-0.2, 0) is 0 Å². The van der Waals surface area contributed by atoms with Crippen molar-refractivity contribution in [2.75, 3.05) is 25.0 Å². The Bertz CT molecular complexity index is 499. The van der Waals surface area contributed by atoms with Gasteiger partial charge in [-0.15, -0.1) is 0 Å². The molecule has 0 aromatic carbocycles. The second kappa shape index (κ2) is 7.67. The Morgan fingerprint density at radius 1 is 1.42 bits per heavy atom. The lowest BCUT2D eigenvalue weighted by atomic mass is 10.2. The maximum Gasteiger partial charge on any atom is 0.257 e. The van der Waals surface area contributed by atoms with E-state index in [1.165, 1.54) is 11.1 Å². The molecule has 0 fully saturated rings. The lowest BCUT2D eigenvalue weighted by Crippen LogP contribution is -2.32. The smallest absolute Gasteiger partial charge is 0.257 e. The molecule has 98 valence electrons. The van der Waals surface area contributed by atoms with E-state index < -0.39 is 0 Å². The number of nitrogens with one attached hydrogen (secondary N) is 1. The average Bonchev–Trinajstić information content (AvgIpc) is 2.44. The van der Waals surface area contributed by atoms with E-state index in [1.807, 2.05) is 19.1 Å². The predicted molar refractivity (Wildman–Crippen MR) is 70.1 cm³/mol. The summed E-state index contributed by atoms with van der Waals surface area (Å²) in [6, 6.07) is 5.35. The molecule has 1 aromatic rings. The first-order chi connectivity index (χ1) is 9.24. The Hall–Kier alpha value is -2.60. The highest BCUT2D eigenvalue weighted by Gasteiger charge is 2.18. The maximum absolute atomic E-state index is 12.3. The second-order valence-corrected chi connectivity index (χ2v) is 3.83. The predicted octanol–water partition coefficient (Wildman–Crippen LogP) is 1.39. The summed E-state index contributed by atoms with van der Waals surface area (Å²) in [5.41, 5.74) is 1.05. The van der Waals surface area contributed by atoms with Crippen LogP contribution in [0.1, 0.15) is 23.7 Å². The van der Waals surface area contributed by atoms with Crippen LogP contribution >= 0.6 is 0 Å². The lowest BCUT2D eigenvalue weighted by Gasteiger charge is -2.18. The van der Waals surface area contributed by atoms with E-state index in [1.54, 1.807) is 12.3 Å². The van der Waals surface area contributed by atoms with E-state index in [-0.39, 0.29) is 19.0 Å². The minimum Gasteiger partial charge on any atom is -0.383 e. The summed E-state index contributed by atoms with van der Waals surface area (Å²) in [5.74, 6) is -0.343. The number of aromatic nitrogens is 1. The summed E-state index contributed by atoms with van der Waals surface area (Å²) in [6.45, 7) is 2.52. The first-order valence-electron chi connectivity index (χ1n) is 5.95. The quantitative estimate of drug-likeness (QED) is 0.777. The van der Waals surface area contributed by atoms with Gasteiger partial charge in [-0.2, -0.15) is 10.5 Å². The van der Waals surface area contributed by atoms with E-state index >= 15 is 0 Å². The van der Waals surface area contributed by atoms with Gasteiger partial charge in [0.15, 0.2) is 0 Å². The zero-order chi connectivity index (χ0) is 14.1. The number of pyridine rings is 1. The van der Waals surface area contributed by atoms with Crippen molar-refractivity contribution in [3.8, 4) is 12.1 Å². The Labute approximate surface area is 112 Å². The molecule has 0 atom stereocenters. The van der Waals surface area contributed by atoms with E-state index in [2.05, 4.69) is 10.3 Å². The van der Waals surface area contributed by atoms with E-state index in [9.17, 15) is 4.79 Å². The van der Waals surface area contributed by atoms with Crippen molar-refractivity contribution in [1.29, 1.82) is 10.5 Å². The fourth-order valence-electron chi connectivity index (χ4n) is 1.52. The first kappa shape index (κ1) is 14.5. The molecule has 0 aliphatic heterocycles. The molecule has 0 spiro atoms. The van der Waals surface area contributed by atoms with Crippen molar-refractivity contribution in [2.45, 2.75) is 13.3 Å². The molecule has 0 bridgehead atoms. The van der Waals surface area contributed by atoms with Crippen LogP contribution in [0.5, 0.6) is 0 Å². The standard InChI is InChI=1S/C13H15N5O/c1-2-6-17-12-10-16-7-3-11(12)13(19)18(8-4-14)9-5-15/h3,7,10,17H,2,6,8-9H2,1H3. The van der Waals surface area contributed by atoms with Crippen LogP contribution < -0.4 is 5.32 Å². The molecule has 0 aliphatic rings. The number of amides is 1. The summed E-state index contributed by atoms with van der Waals surface area (Å²) < 4.78 is 0. The Morgan fingerprint density at radius 3 is 2.68 bits per heavy atom. The van der Waals surface area contributed by atoms with Crippen molar-refractivity contribution in [3.63, 3.8) is 0 Å². The number of rotatable bonds is 6. The Kier molecular flexibility index (Phi) is 5.84. The van der Waals surface area contributed by atoms with Gasteiger partial charge in [0.1, 0.15) is 13.1 Å². The monoisotopic (exact) mass is 257 g/mol. The van der Waals surface area contributed by atoms with Crippen LogP contribution in [0, 0.1) is 22.7 Å². The summed E-state index contributed by atoms with van der Waals surface area (Å²) in [7, 11) is 0. The van der Waals surface area contributed by atoms with Gasteiger partial charge in [-0.3, -0.25) is 9.78 Å². The van der Waals surface area contributed by atoms with Gasteiger partial charge in [-0.25, -0.2) is 0 Å². The molecule has 0 saturated carbocycles. The normalized spacial score (nSPS) is 9.21. The number of hydrogen-bond acceptors (Lipinski definition) is 5. The maximum atomic E-state index is 12.3. The van der Waals surface area contributed by atoms with Crippen molar-refractivity contribution in [3.05, 3.63) is 24.0 Å². The van der Waals surface area contributed by atoms with Gasteiger partial charge >= 0.3 is 0 Å². The van der Waals surface area contributed by atoms with Crippen molar-refractivity contribution >= 4 is 11.6 Å². The Balaban J connectivity index is 2.97. The average molecular weight is 257 g/mol. The fraction of sp³-hybridized carbons (Fsp3) is 0.385. The molecule has 1 N–H and O–H groups in total. The molecule has 1 aromatic heterocycles. The third kappa shape index (κ3) is 3.97. The number of nitrogens with zero attached hydrogens (tertiary/aromatic N) is 4. The summed E-state index contributed by atoms with van der Waals surface area (Å²) in [5, 5.41) is 20.5. The summed E-state index contributed by atoms with van der Waals surface area (Å²) in [4.78, 5) is 17.4. The van der Waals surface area contributed by atoms with Crippen LogP contribution in [0.3, 0.4) is 0 Å². The molecule has 0 radical (unpaired) electrons.